The van der Waals surface area contributed by atoms with Crippen molar-refractivity contribution in [3.8, 4) is 0 Å². The third-order valence-corrected chi connectivity index (χ3v) is 4.59. The lowest BCUT2D eigenvalue weighted by molar-refractivity contribution is 0.554. The molecule has 2 heteroatoms. The summed E-state index contributed by atoms with van der Waals surface area (Å²) in [6.45, 7) is 4.74. The van der Waals surface area contributed by atoms with Gasteiger partial charge in [-0.1, -0.05) is 35.0 Å². The van der Waals surface area contributed by atoms with Gasteiger partial charge in [0.05, 0.1) is 0 Å². The Bertz CT molecular complexity index is 368. The summed E-state index contributed by atoms with van der Waals surface area (Å²) >= 11 is 3.48. The Morgan fingerprint density at radius 2 is 1.93 bits per heavy atom. The maximum absolute atomic E-state index is 3.50. The smallest absolute Gasteiger partial charge is 0.0175 e. The molecule has 2 atom stereocenters. The average Bonchev–Trinajstić information content (AvgIpc) is 2.62. The van der Waals surface area contributed by atoms with E-state index in [1.165, 1.54) is 23.0 Å². The second kappa shape index (κ2) is 2.61. The first-order valence-electron chi connectivity index (χ1n) is 5.13. The number of halogens is 1. The SMILES string of the molecule is CC12CNCC1(c1ccc(Br)cc1)C2. The van der Waals surface area contributed by atoms with Gasteiger partial charge in [-0.25, -0.2) is 0 Å². The van der Waals surface area contributed by atoms with Crippen LogP contribution in [0.1, 0.15) is 18.9 Å². The van der Waals surface area contributed by atoms with E-state index in [4.69, 9.17) is 0 Å². The third kappa shape index (κ3) is 0.986. The standard InChI is InChI=1S/C12H14BrN/c1-11-6-12(11,8-14-7-11)9-2-4-10(13)5-3-9/h2-5,14H,6-8H2,1H3. The van der Waals surface area contributed by atoms with Crippen LogP contribution >= 0.6 is 15.9 Å². The molecule has 74 valence electrons. The highest BCUT2D eigenvalue weighted by Crippen LogP contribution is 2.66. The van der Waals surface area contributed by atoms with E-state index >= 15 is 0 Å². The van der Waals surface area contributed by atoms with E-state index in [0.717, 1.165) is 6.54 Å². The molecule has 3 rings (SSSR count). The number of nitrogens with one attached hydrogen (secondary N) is 1. The van der Waals surface area contributed by atoms with Gasteiger partial charge in [-0.3, -0.25) is 0 Å². The minimum Gasteiger partial charge on any atom is -0.315 e. The van der Waals surface area contributed by atoms with Crippen LogP contribution < -0.4 is 5.32 Å². The zero-order chi connectivity index (χ0) is 9.81. The largest absolute Gasteiger partial charge is 0.315 e. The Kier molecular flexibility index (Phi) is 1.67. The van der Waals surface area contributed by atoms with Crippen molar-refractivity contribution >= 4 is 15.9 Å². The second-order valence-electron chi connectivity index (χ2n) is 4.93. The number of hydrogen-bond donors (Lipinski definition) is 1. The molecule has 2 aliphatic rings. The van der Waals surface area contributed by atoms with Gasteiger partial charge in [0.15, 0.2) is 0 Å². The maximum Gasteiger partial charge on any atom is 0.0175 e. The Labute approximate surface area is 93.0 Å². The van der Waals surface area contributed by atoms with Crippen LogP contribution in [0, 0.1) is 5.41 Å². The molecule has 1 saturated heterocycles. The molecule has 1 heterocycles. The minimum atomic E-state index is 0.452. The van der Waals surface area contributed by atoms with Crippen LogP contribution in [0.5, 0.6) is 0 Å². The predicted octanol–water partition coefficient (Wildman–Crippen LogP) is 2.70. The minimum absolute atomic E-state index is 0.452. The molecule has 0 radical (unpaired) electrons. The van der Waals surface area contributed by atoms with Crippen LogP contribution in [0.15, 0.2) is 28.7 Å². The number of fused-ring (bicyclic) bond motifs is 1. The Hall–Kier alpha value is -0.340. The van der Waals surface area contributed by atoms with Crippen molar-refractivity contribution in [3.63, 3.8) is 0 Å². The molecule has 1 saturated carbocycles. The van der Waals surface area contributed by atoms with Gasteiger partial charge in [0, 0.05) is 23.0 Å². The van der Waals surface area contributed by atoms with Crippen molar-refractivity contribution in [2.75, 3.05) is 13.1 Å². The topological polar surface area (TPSA) is 12.0 Å². The molecule has 0 amide bonds. The molecular weight excluding hydrogens is 238 g/mol. The fraction of sp³-hybridized carbons (Fsp3) is 0.500. The van der Waals surface area contributed by atoms with Crippen molar-refractivity contribution in [1.82, 2.24) is 5.32 Å². The van der Waals surface area contributed by atoms with Crippen LogP contribution in [0.25, 0.3) is 0 Å². The van der Waals surface area contributed by atoms with Gasteiger partial charge < -0.3 is 5.32 Å². The van der Waals surface area contributed by atoms with Crippen LogP contribution in [0.4, 0.5) is 0 Å². The summed E-state index contributed by atoms with van der Waals surface area (Å²) in [5.74, 6) is 0. The molecule has 1 nitrogen and oxygen atoms in total. The van der Waals surface area contributed by atoms with Gasteiger partial charge >= 0.3 is 0 Å². The van der Waals surface area contributed by atoms with Crippen LogP contribution in [0.3, 0.4) is 0 Å². The van der Waals surface area contributed by atoms with Crippen LogP contribution in [0.2, 0.25) is 0 Å². The summed E-state index contributed by atoms with van der Waals surface area (Å²) < 4.78 is 1.17. The molecule has 1 aromatic rings. The summed E-state index contributed by atoms with van der Waals surface area (Å²) in [5.41, 5.74) is 2.49. The predicted molar refractivity (Wildman–Crippen MR) is 61.4 cm³/mol. The van der Waals surface area contributed by atoms with Gasteiger partial charge in [0.1, 0.15) is 0 Å². The first-order valence-corrected chi connectivity index (χ1v) is 5.92. The molecule has 0 spiro atoms. The van der Waals surface area contributed by atoms with Crippen molar-refractivity contribution < 1.29 is 0 Å². The van der Waals surface area contributed by atoms with Gasteiger partial charge in [-0.2, -0.15) is 0 Å². The van der Waals surface area contributed by atoms with E-state index in [0.29, 0.717) is 10.8 Å². The fourth-order valence-electron chi connectivity index (χ4n) is 3.00. The van der Waals surface area contributed by atoms with Crippen molar-refractivity contribution in [2.24, 2.45) is 5.41 Å². The van der Waals surface area contributed by atoms with Crippen molar-refractivity contribution in [3.05, 3.63) is 34.3 Å². The second-order valence-corrected chi connectivity index (χ2v) is 5.85. The molecule has 0 bridgehead atoms. The highest BCUT2D eigenvalue weighted by atomic mass is 79.9. The molecule has 0 aromatic heterocycles. The normalized spacial score (nSPS) is 39.6. The van der Waals surface area contributed by atoms with E-state index in [-0.39, 0.29) is 0 Å². The number of hydrogen-bond acceptors (Lipinski definition) is 1. The van der Waals surface area contributed by atoms with E-state index in [2.05, 4.69) is 52.4 Å². The molecule has 1 aliphatic heterocycles. The van der Waals surface area contributed by atoms with Crippen molar-refractivity contribution in [1.29, 1.82) is 0 Å². The maximum atomic E-state index is 3.50. The fourth-order valence-corrected chi connectivity index (χ4v) is 3.27. The van der Waals surface area contributed by atoms with Gasteiger partial charge in [0.25, 0.3) is 0 Å². The third-order valence-electron chi connectivity index (χ3n) is 4.06. The van der Waals surface area contributed by atoms with Gasteiger partial charge in [-0.15, -0.1) is 0 Å². The lowest BCUT2D eigenvalue weighted by Crippen LogP contribution is -2.19. The molecule has 14 heavy (non-hydrogen) atoms. The monoisotopic (exact) mass is 251 g/mol. The highest BCUT2D eigenvalue weighted by molar-refractivity contribution is 9.10. The van der Waals surface area contributed by atoms with Crippen LogP contribution in [-0.4, -0.2) is 13.1 Å². The molecule has 1 aromatic carbocycles. The zero-order valence-corrected chi connectivity index (χ0v) is 9.89. The quantitative estimate of drug-likeness (QED) is 0.810. The van der Waals surface area contributed by atoms with Gasteiger partial charge in [0.2, 0.25) is 0 Å². The summed E-state index contributed by atoms with van der Waals surface area (Å²) in [4.78, 5) is 0. The summed E-state index contributed by atoms with van der Waals surface area (Å²) in [6.07, 6.45) is 1.36. The molecule has 1 N–H and O–H groups in total. The molecule has 2 fully saturated rings. The highest BCUT2D eigenvalue weighted by Gasteiger charge is 2.67. The van der Waals surface area contributed by atoms with E-state index < -0.39 is 0 Å². The first kappa shape index (κ1) is 8.93. The van der Waals surface area contributed by atoms with Crippen molar-refractivity contribution in [2.45, 2.75) is 18.8 Å². The average molecular weight is 252 g/mol. The summed E-state index contributed by atoms with van der Waals surface area (Å²) in [7, 11) is 0. The number of benzene rings is 1. The lowest BCUT2D eigenvalue weighted by Gasteiger charge is -2.14. The molecular formula is C12H14BrN. The Morgan fingerprint density at radius 1 is 1.21 bits per heavy atom. The van der Waals surface area contributed by atoms with E-state index in [1.54, 1.807) is 0 Å². The first-order chi connectivity index (χ1) is 6.66. The van der Waals surface area contributed by atoms with E-state index in [9.17, 15) is 0 Å². The Morgan fingerprint density at radius 3 is 2.43 bits per heavy atom. The summed E-state index contributed by atoms with van der Waals surface area (Å²) in [6, 6.07) is 8.84. The van der Waals surface area contributed by atoms with Crippen LogP contribution in [-0.2, 0) is 5.41 Å². The summed E-state index contributed by atoms with van der Waals surface area (Å²) in [5, 5.41) is 3.50. The zero-order valence-electron chi connectivity index (χ0n) is 8.31. The number of piperidine rings is 1. The Balaban J connectivity index is 2.01. The lowest BCUT2D eigenvalue weighted by atomic mass is 9.90. The molecule has 1 aliphatic carbocycles. The number of rotatable bonds is 1. The van der Waals surface area contributed by atoms with E-state index in [1.807, 2.05) is 0 Å². The molecule has 2 unspecified atom stereocenters. The van der Waals surface area contributed by atoms with Gasteiger partial charge in [-0.05, 0) is 29.5 Å².